The average molecular weight is 936 g/mol. The highest BCUT2D eigenvalue weighted by atomic mass is 16.6. The molecule has 0 saturated carbocycles. The Morgan fingerprint density at radius 3 is 2.12 bits per heavy atom. The highest BCUT2D eigenvalue weighted by molar-refractivity contribution is 5.89. The Kier molecular flexibility index (Phi) is 13.7. The van der Waals surface area contributed by atoms with E-state index < -0.39 is 24.3 Å². The number of hydrogen-bond donors (Lipinski definition) is 4. The van der Waals surface area contributed by atoms with E-state index in [-0.39, 0.29) is 35.9 Å². The molecule has 0 radical (unpaired) electrons. The van der Waals surface area contributed by atoms with Gasteiger partial charge in [0.05, 0.1) is 55.5 Å². The van der Waals surface area contributed by atoms with Crippen LogP contribution >= 0.6 is 0 Å². The maximum absolute atomic E-state index is 14.3. The summed E-state index contributed by atoms with van der Waals surface area (Å²) < 4.78 is 21.5. The Bertz CT molecular complexity index is 2770. The molecule has 4 atom stereocenters. The van der Waals surface area contributed by atoms with Gasteiger partial charge in [0.1, 0.15) is 29.8 Å². The van der Waals surface area contributed by atoms with Crippen LogP contribution in [0.25, 0.3) is 44.5 Å². The Balaban J connectivity index is 0.797. The van der Waals surface area contributed by atoms with Gasteiger partial charge >= 0.3 is 12.2 Å². The molecule has 1 unspecified atom stereocenters. The molecule has 17 nitrogen and oxygen atoms in total. The summed E-state index contributed by atoms with van der Waals surface area (Å²) in [7, 11) is 1.31. The monoisotopic (exact) mass is 935 g/mol. The topological polar surface area (TPSA) is 206 Å². The van der Waals surface area contributed by atoms with Crippen LogP contribution in [0.3, 0.4) is 0 Å². The summed E-state index contributed by atoms with van der Waals surface area (Å²) in [6.07, 6.45) is 9.76. The van der Waals surface area contributed by atoms with Crippen molar-refractivity contribution in [2.75, 3.05) is 46.6 Å². The fourth-order valence-corrected chi connectivity index (χ4v) is 10.2. The second kappa shape index (κ2) is 20.6. The minimum Gasteiger partial charge on any atom is -0.453 e. The maximum atomic E-state index is 14.3. The lowest BCUT2D eigenvalue weighted by Gasteiger charge is -2.34. The number of rotatable bonds is 12. The highest BCUT2D eigenvalue weighted by Crippen LogP contribution is 2.37. The van der Waals surface area contributed by atoms with Crippen molar-refractivity contribution < 1.29 is 38.1 Å². The van der Waals surface area contributed by atoms with Crippen molar-refractivity contribution in [3.63, 3.8) is 0 Å². The lowest BCUT2D eigenvalue weighted by molar-refractivity contribution is -0.137. The SMILES string of the molecule is COC(=O)N[C@H](C(=O)N1CCCC1c1nc(-c2cnc3cc(-c4ccc(-c5cnc([C@@H]6CCCN6C(=O)[C@H](NC(=O)OC6CCOCC6)c6ccccc6)[nH]5)cc4)ccc3c2)c[nH]1)C1CCOCC1. The van der Waals surface area contributed by atoms with E-state index in [1.807, 2.05) is 52.5 Å². The van der Waals surface area contributed by atoms with Gasteiger partial charge in [0.15, 0.2) is 0 Å². The number of fused-ring (bicyclic) bond motifs is 1. The molecule has 0 spiro atoms. The van der Waals surface area contributed by atoms with E-state index in [0.717, 1.165) is 70.2 Å². The number of nitrogens with one attached hydrogen (secondary N) is 4. The number of methoxy groups -OCH3 is 1. The number of likely N-dealkylation sites (tertiary alicyclic amines) is 2. The number of carbonyl (C=O) groups is 4. The van der Waals surface area contributed by atoms with Gasteiger partial charge in [-0.15, -0.1) is 0 Å². The number of nitrogens with zero attached hydrogens (tertiary/aromatic N) is 5. The molecule has 7 heterocycles. The Hall–Kier alpha value is -7.11. The van der Waals surface area contributed by atoms with Crippen LogP contribution < -0.4 is 10.6 Å². The van der Waals surface area contributed by atoms with E-state index in [1.54, 1.807) is 6.20 Å². The number of amides is 4. The van der Waals surface area contributed by atoms with Crippen LogP contribution in [0.15, 0.2) is 97.5 Å². The molecule has 10 rings (SSSR count). The molecule has 4 aliphatic heterocycles. The molecular weight excluding hydrogens is 879 g/mol. The maximum Gasteiger partial charge on any atom is 0.408 e. The van der Waals surface area contributed by atoms with Crippen LogP contribution in [0, 0.1) is 5.92 Å². The summed E-state index contributed by atoms with van der Waals surface area (Å²) in [4.78, 5) is 78.8. The van der Waals surface area contributed by atoms with Crippen LogP contribution in [0.4, 0.5) is 9.59 Å². The zero-order chi connectivity index (χ0) is 47.3. The summed E-state index contributed by atoms with van der Waals surface area (Å²) in [5, 5.41) is 6.65. The molecule has 0 bridgehead atoms. The number of benzene rings is 3. The molecule has 6 aromatic rings. The number of aromatic amines is 2. The van der Waals surface area contributed by atoms with Gasteiger partial charge in [-0.25, -0.2) is 19.6 Å². The van der Waals surface area contributed by atoms with Crippen molar-refractivity contribution in [1.82, 2.24) is 45.4 Å². The van der Waals surface area contributed by atoms with Crippen LogP contribution in [0.2, 0.25) is 0 Å². The molecule has 17 heteroatoms. The van der Waals surface area contributed by atoms with E-state index in [1.165, 1.54) is 7.11 Å². The van der Waals surface area contributed by atoms with Gasteiger partial charge in [-0.05, 0) is 78.8 Å². The third-order valence-corrected chi connectivity index (χ3v) is 14.0. The number of hydrogen-bond acceptors (Lipinski definition) is 11. The van der Waals surface area contributed by atoms with E-state index in [2.05, 4.69) is 69.1 Å². The van der Waals surface area contributed by atoms with E-state index in [0.29, 0.717) is 82.4 Å². The summed E-state index contributed by atoms with van der Waals surface area (Å²) in [6.45, 7) is 3.30. The largest absolute Gasteiger partial charge is 0.453 e. The molecule has 3 aromatic heterocycles. The third-order valence-electron chi connectivity index (χ3n) is 14.0. The van der Waals surface area contributed by atoms with E-state index in [9.17, 15) is 19.2 Å². The molecule has 4 aliphatic rings. The molecular formula is C52H57N9O8. The van der Waals surface area contributed by atoms with Crippen LogP contribution in [-0.4, -0.2) is 117 Å². The zero-order valence-corrected chi connectivity index (χ0v) is 38.6. The lowest BCUT2D eigenvalue weighted by atomic mass is 9.90. The number of carbonyl (C=O) groups excluding carboxylic acids is 4. The van der Waals surface area contributed by atoms with Gasteiger partial charge < -0.3 is 49.3 Å². The minimum absolute atomic E-state index is 0.0408. The first-order valence-electron chi connectivity index (χ1n) is 24.0. The number of alkyl carbamates (subject to hydrolysis) is 2. The lowest BCUT2D eigenvalue weighted by Crippen LogP contribution is -2.53. The van der Waals surface area contributed by atoms with Gasteiger partial charge in [0.25, 0.3) is 5.91 Å². The molecule has 4 fully saturated rings. The minimum atomic E-state index is -0.910. The van der Waals surface area contributed by atoms with Crippen LogP contribution in [0.5, 0.6) is 0 Å². The molecule has 3 aromatic carbocycles. The number of pyridine rings is 1. The Morgan fingerprint density at radius 1 is 0.696 bits per heavy atom. The zero-order valence-electron chi connectivity index (χ0n) is 38.6. The second-order valence-corrected chi connectivity index (χ2v) is 18.2. The molecule has 69 heavy (non-hydrogen) atoms. The summed E-state index contributed by atoms with van der Waals surface area (Å²) in [5.74, 6) is 1.02. The van der Waals surface area contributed by atoms with E-state index >= 15 is 0 Å². The normalized spacial score (nSPS) is 19.8. The quantitative estimate of drug-likeness (QED) is 0.0931. The number of imidazole rings is 2. The van der Waals surface area contributed by atoms with E-state index in [4.69, 9.17) is 33.9 Å². The van der Waals surface area contributed by atoms with Crippen molar-refractivity contribution in [2.45, 2.75) is 81.6 Å². The predicted octanol–water partition coefficient (Wildman–Crippen LogP) is 7.81. The van der Waals surface area contributed by atoms with Gasteiger partial charge in [0, 0.05) is 62.5 Å². The molecule has 0 aliphatic carbocycles. The average Bonchev–Trinajstić information content (AvgIpc) is 4.26. The second-order valence-electron chi connectivity index (χ2n) is 18.2. The Labute approximate surface area is 399 Å². The smallest absolute Gasteiger partial charge is 0.408 e. The molecule has 4 amide bonds. The number of ether oxygens (including phenoxy) is 4. The summed E-state index contributed by atoms with van der Waals surface area (Å²) in [5.41, 5.74) is 6.96. The van der Waals surface area contributed by atoms with Crippen LogP contribution in [0.1, 0.15) is 86.7 Å². The number of H-pyrrole nitrogens is 2. The molecule has 358 valence electrons. The first kappa shape index (κ1) is 45.7. The van der Waals surface area contributed by atoms with Crippen molar-refractivity contribution in [3.8, 4) is 33.6 Å². The summed E-state index contributed by atoms with van der Waals surface area (Å²) in [6, 6.07) is 23.7. The van der Waals surface area contributed by atoms with Gasteiger partial charge in [-0.2, -0.15) is 0 Å². The van der Waals surface area contributed by atoms with Crippen molar-refractivity contribution in [1.29, 1.82) is 0 Å². The van der Waals surface area contributed by atoms with Gasteiger partial charge in [-0.3, -0.25) is 14.6 Å². The standard InChI is InChI=1S/C52H57N9O8/c1-66-51(64)58-46(35-17-23-67-24-18-35)50(63)61-22-6-10-44(61)48-55-31-42(57-48)38-27-37-16-15-36(28-40(37)53-29-38)32-11-13-33(14-12-32)41-30-54-47(56-41)43-9-5-21-60(43)49(62)45(34-7-3-2-4-8-34)59-52(65)69-39-19-25-68-26-20-39/h2-4,7-8,11-16,27-31,35,39,43-46H,5-6,9-10,17-26H2,1H3,(H,54,56)(H,55,57)(H,58,64)(H,59,65)/t43-,44?,45+,46-/m0/s1. The van der Waals surface area contributed by atoms with Crippen molar-refractivity contribution in [2.24, 2.45) is 5.92 Å². The fourth-order valence-electron chi connectivity index (χ4n) is 10.2. The van der Waals surface area contributed by atoms with Crippen LogP contribution in [-0.2, 0) is 28.5 Å². The third kappa shape index (κ3) is 10.1. The predicted molar refractivity (Wildman–Crippen MR) is 255 cm³/mol. The first-order chi connectivity index (χ1) is 33.8. The highest BCUT2D eigenvalue weighted by Gasteiger charge is 2.41. The van der Waals surface area contributed by atoms with Gasteiger partial charge in [-0.1, -0.05) is 66.7 Å². The molecule has 4 saturated heterocycles. The van der Waals surface area contributed by atoms with Crippen molar-refractivity contribution in [3.05, 3.63) is 115 Å². The first-order valence-corrected chi connectivity index (χ1v) is 24.0. The summed E-state index contributed by atoms with van der Waals surface area (Å²) >= 11 is 0. The van der Waals surface area contributed by atoms with Crippen molar-refractivity contribution >= 4 is 34.9 Å². The Morgan fingerprint density at radius 2 is 1.38 bits per heavy atom. The van der Waals surface area contributed by atoms with Gasteiger partial charge in [0.2, 0.25) is 5.91 Å². The molecule has 4 N–H and O–H groups in total. The fraction of sp³-hybridized carbons (Fsp3) is 0.404. The number of aromatic nitrogens is 5.